The number of halogens is 1. The summed E-state index contributed by atoms with van der Waals surface area (Å²) in [7, 11) is 0. The zero-order valence-electron chi connectivity index (χ0n) is 11.0. The number of carbonyl (C=O) groups excluding carboxylic acids is 1. The second-order valence-corrected chi connectivity index (χ2v) is 5.26. The summed E-state index contributed by atoms with van der Waals surface area (Å²) in [6.45, 7) is 5.50. The summed E-state index contributed by atoms with van der Waals surface area (Å²) >= 11 is 3.37. The van der Waals surface area contributed by atoms with Crippen LogP contribution in [-0.2, 0) is 0 Å². The second-order valence-electron chi connectivity index (χ2n) is 4.41. The van der Waals surface area contributed by atoms with Gasteiger partial charge in [-0.3, -0.25) is 4.79 Å². The first-order valence-electron chi connectivity index (χ1n) is 5.83. The van der Waals surface area contributed by atoms with Crippen molar-refractivity contribution in [2.45, 2.75) is 20.8 Å². The van der Waals surface area contributed by atoms with Gasteiger partial charge in [-0.25, -0.2) is 0 Å². The van der Waals surface area contributed by atoms with Crippen LogP contribution in [0.2, 0.25) is 0 Å². The average Bonchev–Trinajstić information content (AvgIpc) is 2.57. The molecule has 0 aliphatic carbocycles. The van der Waals surface area contributed by atoms with Gasteiger partial charge in [0.15, 0.2) is 0 Å². The minimum atomic E-state index is -0.183. The number of amides is 1. The quantitative estimate of drug-likeness (QED) is 0.826. The van der Waals surface area contributed by atoms with Crippen LogP contribution in [0.4, 0.5) is 11.4 Å². The number of rotatable bonds is 2. The molecule has 1 amide bonds. The van der Waals surface area contributed by atoms with E-state index in [-0.39, 0.29) is 5.91 Å². The molecule has 0 fully saturated rings. The Labute approximate surface area is 120 Å². The second kappa shape index (κ2) is 5.09. The van der Waals surface area contributed by atoms with Crippen LogP contribution in [-0.4, -0.2) is 5.91 Å². The van der Waals surface area contributed by atoms with Gasteiger partial charge in [0.1, 0.15) is 11.5 Å². The number of benzene rings is 1. The fourth-order valence-corrected chi connectivity index (χ4v) is 2.44. The average molecular weight is 323 g/mol. The molecule has 19 heavy (non-hydrogen) atoms. The highest BCUT2D eigenvalue weighted by molar-refractivity contribution is 9.10. The van der Waals surface area contributed by atoms with Crippen LogP contribution in [0.25, 0.3) is 0 Å². The van der Waals surface area contributed by atoms with Crippen molar-refractivity contribution in [3.63, 3.8) is 0 Å². The van der Waals surface area contributed by atoms with E-state index in [9.17, 15) is 4.79 Å². The van der Waals surface area contributed by atoms with Crippen LogP contribution < -0.4 is 11.1 Å². The maximum absolute atomic E-state index is 12.3. The van der Waals surface area contributed by atoms with E-state index in [0.29, 0.717) is 22.7 Å². The molecular weight excluding hydrogens is 308 g/mol. The van der Waals surface area contributed by atoms with Gasteiger partial charge in [0, 0.05) is 15.7 Å². The summed E-state index contributed by atoms with van der Waals surface area (Å²) in [4.78, 5) is 12.3. The number of furan rings is 1. The fourth-order valence-electron chi connectivity index (χ4n) is 1.95. The predicted octanol–water partition coefficient (Wildman–Crippen LogP) is 3.80. The lowest BCUT2D eigenvalue weighted by Gasteiger charge is -2.08. The highest BCUT2D eigenvalue weighted by atomic mass is 79.9. The number of nitrogen functional groups attached to an aromatic ring is 1. The molecule has 0 radical (unpaired) electrons. The van der Waals surface area contributed by atoms with Crippen molar-refractivity contribution in [1.29, 1.82) is 0 Å². The Kier molecular flexibility index (Phi) is 3.66. The van der Waals surface area contributed by atoms with Gasteiger partial charge >= 0.3 is 0 Å². The van der Waals surface area contributed by atoms with E-state index in [4.69, 9.17) is 10.2 Å². The van der Waals surface area contributed by atoms with E-state index in [2.05, 4.69) is 21.2 Å². The molecule has 3 N–H and O–H groups in total. The van der Waals surface area contributed by atoms with Gasteiger partial charge in [0.05, 0.1) is 11.3 Å². The summed E-state index contributed by atoms with van der Waals surface area (Å²) in [5, 5.41) is 2.85. The fraction of sp³-hybridized carbons (Fsp3) is 0.214. The van der Waals surface area contributed by atoms with Crippen molar-refractivity contribution in [2.75, 3.05) is 11.1 Å². The van der Waals surface area contributed by atoms with Gasteiger partial charge < -0.3 is 15.5 Å². The standard InChI is InChI=1S/C14H15BrN2O2/c1-7-8(2)19-9(3)13(7)14(18)17-12-5-4-10(16)6-11(12)15/h4-6H,16H2,1-3H3,(H,17,18). The highest BCUT2D eigenvalue weighted by Gasteiger charge is 2.19. The van der Waals surface area contributed by atoms with E-state index in [0.717, 1.165) is 15.8 Å². The third-order valence-corrected chi connectivity index (χ3v) is 3.69. The van der Waals surface area contributed by atoms with E-state index >= 15 is 0 Å². The molecule has 100 valence electrons. The minimum Gasteiger partial charge on any atom is -0.466 e. The molecule has 5 heteroatoms. The molecule has 1 aromatic carbocycles. The Morgan fingerprint density at radius 3 is 2.47 bits per heavy atom. The van der Waals surface area contributed by atoms with Gasteiger partial charge in [-0.05, 0) is 54.9 Å². The molecule has 0 aliphatic heterocycles. The van der Waals surface area contributed by atoms with Crippen molar-refractivity contribution in [3.05, 3.63) is 45.3 Å². The number of carbonyl (C=O) groups is 1. The summed E-state index contributed by atoms with van der Waals surface area (Å²) in [6, 6.07) is 5.24. The lowest BCUT2D eigenvalue weighted by Crippen LogP contribution is -2.14. The smallest absolute Gasteiger partial charge is 0.259 e. The zero-order valence-corrected chi connectivity index (χ0v) is 12.6. The Morgan fingerprint density at radius 1 is 1.26 bits per heavy atom. The third-order valence-electron chi connectivity index (χ3n) is 3.03. The van der Waals surface area contributed by atoms with E-state index in [1.165, 1.54) is 0 Å². The molecule has 0 saturated carbocycles. The van der Waals surface area contributed by atoms with Crippen LogP contribution >= 0.6 is 15.9 Å². The Hall–Kier alpha value is -1.75. The number of hydrogen-bond acceptors (Lipinski definition) is 3. The number of nitrogens with two attached hydrogens (primary N) is 1. The molecule has 2 aromatic rings. The molecule has 0 unspecified atom stereocenters. The Balaban J connectivity index is 2.31. The topological polar surface area (TPSA) is 68.3 Å². The first-order valence-corrected chi connectivity index (χ1v) is 6.62. The van der Waals surface area contributed by atoms with Crippen LogP contribution in [0.3, 0.4) is 0 Å². The molecule has 1 aromatic heterocycles. The van der Waals surface area contributed by atoms with Crippen molar-refractivity contribution in [2.24, 2.45) is 0 Å². The van der Waals surface area contributed by atoms with Crippen LogP contribution in [0, 0.1) is 20.8 Å². The van der Waals surface area contributed by atoms with Gasteiger partial charge in [0.25, 0.3) is 5.91 Å². The van der Waals surface area contributed by atoms with E-state index < -0.39 is 0 Å². The molecule has 0 atom stereocenters. The molecule has 0 saturated heterocycles. The maximum Gasteiger partial charge on any atom is 0.259 e. The van der Waals surface area contributed by atoms with Gasteiger partial charge in [-0.2, -0.15) is 0 Å². The predicted molar refractivity (Wildman–Crippen MR) is 79.4 cm³/mol. The molecule has 0 spiro atoms. The van der Waals surface area contributed by atoms with Crippen molar-refractivity contribution in [1.82, 2.24) is 0 Å². The van der Waals surface area contributed by atoms with Crippen LogP contribution in [0.5, 0.6) is 0 Å². The SMILES string of the molecule is Cc1oc(C)c(C(=O)Nc2ccc(N)cc2Br)c1C. The van der Waals surface area contributed by atoms with Gasteiger partial charge in [0.2, 0.25) is 0 Å². The summed E-state index contributed by atoms with van der Waals surface area (Å²) in [5.74, 6) is 1.20. The lowest BCUT2D eigenvalue weighted by atomic mass is 10.1. The Bertz CT molecular complexity index is 647. The van der Waals surface area contributed by atoms with Crippen LogP contribution in [0.1, 0.15) is 27.4 Å². The van der Waals surface area contributed by atoms with Gasteiger partial charge in [-0.15, -0.1) is 0 Å². The first kappa shape index (κ1) is 13.7. The van der Waals surface area contributed by atoms with Crippen molar-refractivity contribution >= 4 is 33.2 Å². The molecule has 4 nitrogen and oxygen atoms in total. The summed E-state index contributed by atoms with van der Waals surface area (Å²) in [5.41, 5.74) is 8.42. The normalized spacial score (nSPS) is 10.5. The molecule has 1 heterocycles. The van der Waals surface area contributed by atoms with Crippen molar-refractivity contribution < 1.29 is 9.21 Å². The summed E-state index contributed by atoms with van der Waals surface area (Å²) < 4.78 is 6.21. The van der Waals surface area contributed by atoms with E-state index in [1.807, 2.05) is 13.8 Å². The van der Waals surface area contributed by atoms with Gasteiger partial charge in [-0.1, -0.05) is 0 Å². The number of anilines is 2. The number of aryl methyl sites for hydroxylation is 2. The Morgan fingerprint density at radius 2 is 1.95 bits per heavy atom. The maximum atomic E-state index is 12.3. The molecular formula is C14H15BrN2O2. The lowest BCUT2D eigenvalue weighted by molar-refractivity contribution is 0.102. The molecule has 0 bridgehead atoms. The third kappa shape index (κ3) is 2.66. The number of hydrogen-bond donors (Lipinski definition) is 2. The van der Waals surface area contributed by atoms with E-state index in [1.54, 1.807) is 25.1 Å². The monoisotopic (exact) mass is 322 g/mol. The zero-order chi connectivity index (χ0) is 14.2. The largest absolute Gasteiger partial charge is 0.466 e. The van der Waals surface area contributed by atoms with Crippen LogP contribution in [0.15, 0.2) is 27.1 Å². The highest BCUT2D eigenvalue weighted by Crippen LogP contribution is 2.27. The number of nitrogens with one attached hydrogen (secondary N) is 1. The first-order chi connectivity index (χ1) is 8.90. The minimum absolute atomic E-state index is 0.183. The van der Waals surface area contributed by atoms with Crippen molar-refractivity contribution in [3.8, 4) is 0 Å². The molecule has 2 rings (SSSR count). The summed E-state index contributed by atoms with van der Waals surface area (Å²) in [6.07, 6.45) is 0. The molecule has 0 aliphatic rings.